The smallest absolute Gasteiger partial charge is 0.331 e. The van der Waals surface area contributed by atoms with Crippen molar-refractivity contribution >= 4 is 22.7 Å². The topological polar surface area (TPSA) is 128 Å². The maximum atomic E-state index is 12.3. The molecule has 8 atom stereocenters. The van der Waals surface area contributed by atoms with Crippen LogP contribution in [0, 0.1) is 0 Å². The number of esters is 2. The van der Waals surface area contributed by atoms with Crippen LogP contribution in [0.3, 0.4) is 0 Å². The van der Waals surface area contributed by atoms with Gasteiger partial charge >= 0.3 is 11.9 Å². The largest absolute Gasteiger partial charge is 0.489 e. The van der Waals surface area contributed by atoms with Gasteiger partial charge in [-0.05, 0) is 68.5 Å². The molecule has 2 aromatic rings. The fraction of sp³-hybridized carbons (Fsp3) is 0.611. The number of hydrogen-bond acceptors (Lipinski definition) is 11. The molecule has 0 bridgehead atoms. The Hall–Kier alpha value is -3.06. The molecular weight excluding hydrogens is 608 g/mol. The molecule has 47 heavy (non-hydrogen) atoms. The van der Waals surface area contributed by atoms with Gasteiger partial charge in [0.1, 0.15) is 31.2 Å². The van der Waals surface area contributed by atoms with E-state index in [4.69, 9.17) is 37.9 Å². The summed E-state index contributed by atoms with van der Waals surface area (Å²) in [5.41, 5.74) is 2.40. The number of fused-ring (bicyclic) bond motifs is 2. The van der Waals surface area contributed by atoms with E-state index >= 15 is 0 Å². The zero-order chi connectivity index (χ0) is 33.9. The summed E-state index contributed by atoms with van der Waals surface area (Å²) in [5.74, 6) is -1.51. The molecule has 6 unspecified atom stereocenters. The summed E-state index contributed by atoms with van der Waals surface area (Å²) in [5, 5.41) is 12.3. The Bertz CT molecular complexity index is 1440. The molecule has 11 nitrogen and oxygen atoms in total. The molecule has 0 saturated carbocycles. The lowest BCUT2D eigenvalue weighted by Gasteiger charge is -2.48. The van der Waals surface area contributed by atoms with Gasteiger partial charge in [0.25, 0.3) is 0 Å². The summed E-state index contributed by atoms with van der Waals surface area (Å²) in [6.07, 6.45) is -0.430. The van der Waals surface area contributed by atoms with Crippen molar-refractivity contribution in [2.45, 2.75) is 108 Å². The molecule has 3 fully saturated rings. The Kier molecular flexibility index (Phi) is 11.3. The van der Waals surface area contributed by atoms with Crippen molar-refractivity contribution in [2.24, 2.45) is 0 Å². The van der Waals surface area contributed by atoms with E-state index in [-0.39, 0.29) is 38.0 Å². The van der Waals surface area contributed by atoms with Gasteiger partial charge in [0.05, 0.1) is 57.3 Å². The zero-order valence-electron chi connectivity index (χ0n) is 28.2. The van der Waals surface area contributed by atoms with Crippen molar-refractivity contribution in [3.8, 4) is 5.75 Å². The normalized spacial score (nSPS) is 29.4. The standard InChI is InChI=1S/C36H48O11/c1-20(14-28-26(37)12-8-21(2)45-28)17-42-27-13-10-24-15-23(22(3)35(39)41-7)9-11-25(24)33(27)29-16-30(43-19-32(38)40-6)34-31(46-29)18-44-36(4,5)47-34/h9-11,13,15,21-22,26,28-31,34,37H,1,8,12,14,16-19H2,2-7H3/t21-,22-,26?,28?,29?,30?,31?,34?/m0/s1. The SMILES string of the molecule is C=C(COc1ccc2cc([C@H](C)C(=O)OC)ccc2c1C1CC(OCC(=O)OC)C2OC(C)(C)OCC2O1)CC1O[C@@H](C)CCC1O. The van der Waals surface area contributed by atoms with Crippen molar-refractivity contribution < 1.29 is 52.6 Å². The van der Waals surface area contributed by atoms with Gasteiger partial charge in [0.15, 0.2) is 5.79 Å². The van der Waals surface area contributed by atoms with E-state index in [1.165, 1.54) is 14.2 Å². The second-order valence-corrected chi connectivity index (χ2v) is 13.2. The van der Waals surface area contributed by atoms with Crippen LogP contribution in [0.25, 0.3) is 10.8 Å². The number of ether oxygens (including phenoxy) is 8. The van der Waals surface area contributed by atoms with Crippen LogP contribution in [0.5, 0.6) is 5.75 Å². The molecule has 3 aliphatic heterocycles. The number of aliphatic hydroxyl groups is 1. The maximum absolute atomic E-state index is 12.3. The van der Waals surface area contributed by atoms with Gasteiger partial charge in [-0.15, -0.1) is 0 Å². The van der Waals surface area contributed by atoms with Crippen molar-refractivity contribution in [1.82, 2.24) is 0 Å². The number of hydrogen-bond donors (Lipinski definition) is 1. The van der Waals surface area contributed by atoms with E-state index in [2.05, 4.69) is 6.58 Å². The van der Waals surface area contributed by atoms with E-state index in [0.717, 1.165) is 33.9 Å². The molecule has 1 N–H and O–H groups in total. The fourth-order valence-electron chi connectivity index (χ4n) is 6.59. The summed E-state index contributed by atoms with van der Waals surface area (Å²) in [6, 6.07) is 9.68. The molecular formula is C36H48O11. The molecule has 3 heterocycles. The lowest BCUT2D eigenvalue weighted by Crippen LogP contribution is -2.58. The molecule has 0 aromatic heterocycles. The van der Waals surface area contributed by atoms with Crippen LogP contribution in [0.4, 0.5) is 0 Å². The van der Waals surface area contributed by atoms with Gasteiger partial charge in [0, 0.05) is 18.4 Å². The quantitative estimate of drug-likeness (QED) is 0.262. The van der Waals surface area contributed by atoms with Crippen LogP contribution in [0.1, 0.15) is 76.5 Å². The number of aliphatic hydroxyl groups excluding tert-OH is 1. The minimum absolute atomic E-state index is 0.0796. The number of rotatable bonds is 11. The lowest BCUT2D eigenvalue weighted by atomic mass is 9.88. The number of methoxy groups -OCH3 is 2. The average Bonchev–Trinajstić information content (AvgIpc) is 3.06. The summed E-state index contributed by atoms with van der Waals surface area (Å²) in [4.78, 5) is 24.4. The lowest BCUT2D eigenvalue weighted by molar-refractivity contribution is -0.348. The van der Waals surface area contributed by atoms with Gasteiger partial charge in [-0.25, -0.2) is 4.79 Å². The summed E-state index contributed by atoms with van der Waals surface area (Å²) in [6.45, 7) is 12.0. The summed E-state index contributed by atoms with van der Waals surface area (Å²) >= 11 is 0. The van der Waals surface area contributed by atoms with Crippen LogP contribution < -0.4 is 4.74 Å². The first kappa shape index (κ1) is 35.3. The van der Waals surface area contributed by atoms with Crippen LogP contribution in [-0.4, -0.2) is 93.5 Å². The van der Waals surface area contributed by atoms with Crippen LogP contribution in [-0.2, 0) is 42.7 Å². The van der Waals surface area contributed by atoms with E-state index in [1.807, 2.05) is 58.0 Å². The van der Waals surface area contributed by atoms with Gasteiger partial charge in [0.2, 0.25) is 0 Å². The third kappa shape index (κ3) is 8.33. The van der Waals surface area contributed by atoms with Crippen molar-refractivity contribution in [3.05, 3.63) is 53.6 Å². The molecule has 258 valence electrons. The van der Waals surface area contributed by atoms with Gasteiger partial charge < -0.3 is 43.0 Å². The molecule has 11 heteroatoms. The molecule has 0 spiro atoms. The molecule has 0 radical (unpaired) electrons. The second kappa shape index (κ2) is 15.0. The third-order valence-electron chi connectivity index (χ3n) is 9.23. The minimum atomic E-state index is -0.849. The van der Waals surface area contributed by atoms with Gasteiger partial charge in [-0.2, -0.15) is 0 Å². The van der Waals surface area contributed by atoms with Crippen molar-refractivity contribution in [2.75, 3.05) is 34.0 Å². The molecule has 3 saturated heterocycles. The second-order valence-electron chi connectivity index (χ2n) is 13.2. The van der Waals surface area contributed by atoms with Crippen molar-refractivity contribution in [3.63, 3.8) is 0 Å². The number of carbonyl (C=O) groups is 2. The minimum Gasteiger partial charge on any atom is -0.489 e. The Morgan fingerprint density at radius 1 is 1.09 bits per heavy atom. The number of carbonyl (C=O) groups excluding carboxylic acids is 2. The van der Waals surface area contributed by atoms with Crippen molar-refractivity contribution in [1.29, 1.82) is 0 Å². The molecule has 3 aliphatic rings. The predicted molar refractivity (Wildman–Crippen MR) is 172 cm³/mol. The van der Waals surface area contributed by atoms with E-state index in [1.54, 1.807) is 0 Å². The van der Waals surface area contributed by atoms with E-state index in [0.29, 0.717) is 25.0 Å². The average molecular weight is 657 g/mol. The van der Waals surface area contributed by atoms with E-state index < -0.39 is 48.2 Å². The Morgan fingerprint density at radius 2 is 1.87 bits per heavy atom. The first-order valence-corrected chi connectivity index (χ1v) is 16.3. The highest BCUT2D eigenvalue weighted by molar-refractivity contribution is 5.90. The first-order valence-electron chi connectivity index (χ1n) is 16.3. The highest BCUT2D eigenvalue weighted by atomic mass is 16.7. The maximum Gasteiger partial charge on any atom is 0.331 e. The van der Waals surface area contributed by atoms with E-state index in [9.17, 15) is 14.7 Å². The monoisotopic (exact) mass is 656 g/mol. The summed E-state index contributed by atoms with van der Waals surface area (Å²) in [7, 11) is 2.70. The first-order chi connectivity index (χ1) is 22.4. The molecule has 0 amide bonds. The van der Waals surface area contributed by atoms with Crippen LogP contribution >= 0.6 is 0 Å². The third-order valence-corrected chi connectivity index (χ3v) is 9.23. The molecule has 5 rings (SSSR count). The highest BCUT2D eigenvalue weighted by Gasteiger charge is 2.48. The Labute approximate surface area is 276 Å². The molecule has 0 aliphatic carbocycles. The van der Waals surface area contributed by atoms with Gasteiger partial charge in [-0.3, -0.25) is 4.79 Å². The van der Waals surface area contributed by atoms with Crippen LogP contribution in [0.2, 0.25) is 0 Å². The van der Waals surface area contributed by atoms with Crippen LogP contribution in [0.15, 0.2) is 42.5 Å². The fourth-order valence-corrected chi connectivity index (χ4v) is 6.59. The predicted octanol–water partition coefficient (Wildman–Crippen LogP) is 4.91. The highest BCUT2D eigenvalue weighted by Crippen LogP contribution is 2.45. The Balaban J connectivity index is 1.47. The number of benzene rings is 2. The zero-order valence-corrected chi connectivity index (χ0v) is 28.2. The Morgan fingerprint density at radius 3 is 2.62 bits per heavy atom. The summed E-state index contributed by atoms with van der Waals surface area (Å²) < 4.78 is 47.3. The van der Waals surface area contributed by atoms with Gasteiger partial charge in [-0.1, -0.05) is 30.8 Å². The molecule has 2 aromatic carbocycles.